The molecule has 1 heterocycles. The molecule has 7 nitrogen and oxygen atoms in total. The normalized spacial score (nSPS) is 17.2. The molecule has 1 N–H and O–H groups in total. The Kier molecular flexibility index (Phi) is 6.24. The summed E-state index contributed by atoms with van der Waals surface area (Å²) in [6.07, 6.45) is 0.388. The average molecular weight is 470 g/mol. The van der Waals surface area contributed by atoms with Gasteiger partial charge in [-0.15, -0.1) is 0 Å². The maximum absolute atomic E-state index is 10.5. The van der Waals surface area contributed by atoms with Gasteiger partial charge in [0.1, 0.15) is 0 Å². The molecule has 1 aliphatic rings. The standard InChI is InChI=1S/C25H24ClNO6/c1-29-21-10-7-16(11-20(21)28)25(14-19(27-33-25)15-5-8-18(26)9-6-15)17-12-22(30-2)24(32-4)23(13-17)31-3/h5-13,28H,14H2,1-4H3. The number of halogens is 1. The molecule has 3 aromatic rings. The van der Waals surface area contributed by atoms with Crippen molar-refractivity contribution in [3.8, 4) is 28.7 Å². The van der Waals surface area contributed by atoms with Crippen molar-refractivity contribution in [1.29, 1.82) is 0 Å². The van der Waals surface area contributed by atoms with Crippen LogP contribution in [0, 0.1) is 0 Å². The summed E-state index contributed by atoms with van der Waals surface area (Å²) in [5.74, 6) is 1.77. The van der Waals surface area contributed by atoms with Gasteiger partial charge in [-0.3, -0.25) is 0 Å². The Bertz CT molecular complexity index is 1170. The third-order valence-electron chi connectivity index (χ3n) is 5.68. The number of ether oxygens (including phenoxy) is 4. The highest BCUT2D eigenvalue weighted by molar-refractivity contribution is 6.30. The fourth-order valence-electron chi connectivity index (χ4n) is 3.96. The predicted octanol–water partition coefficient (Wildman–Crippen LogP) is 5.15. The summed E-state index contributed by atoms with van der Waals surface area (Å²) in [7, 11) is 6.15. The predicted molar refractivity (Wildman–Crippen MR) is 125 cm³/mol. The van der Waals surface area contributed by atoms with Gasteiger partial charge in [-0.1, -0.05) is 35.0 Å². The molecule has 0 spiro atoms. The molecule has 172 valence electrons. The summed E-state index contributed by atoms with van der Waals surface area (Å²) in [5, 5.41) is 15.6. The van der Waals surface area contributed by atoms with Crippen LogP contribution in [0.25, 0.3) is 0 Å². The van der Waals surface area contributed by atoms with Crippen molar-refractivity contribution in [1.82, 2.24) is 0 Å². The summed E-state index contributed by atoms with van der Waals surface area (Å²) in [5.41, 5.74) is 1.95. The molecule has 1 aliphatic heterocycles. The van der Waals surface area contributed by atoms with Crippen molar-refractivity contribution < 1.29 is 28.9 Å². The molecule has 0 saturated heterocycles. The first kappa shape index (κ1) is 22.6. The lowest BCUT2D eigenvalue weighted by Crippen LogP contribution is -2.28. The van der Waals surface area contributed by atoms with Crippen molar-refractivity contribution in [2.45, 2.75) is 12.0 Å². The van der Waals surface area contributed by atoms with Gasteiger partial charge in [0, 0.05) is 22.6 Å². The fourth-order valence-corrected chi connectivity index (χ4v) is 4.09. The van der Waals surface area contributed by atoms with Crippen LogP contribution >= 0.6 is 11.6 Å². The molecule has 0 aromatic heterocycles. The van der Waals surface area contributed by atoms with E-state index in [2.05, 4.69) is 5.16 Å². The maximum Gasteiger partial charge on any atom is 0.203 e. The van der Waals surface area contributed by atoms with Gasteiger partial charge in [0.15, 0.2) is 28.6 Å². The van der Waals surface area contributed by atoms with Crippen molar-refractivity contribution in [2.75, 3.05) is 28.4 Å². The lowest BCUT2D eigenvalue weighted by Gasteiger charge is -2.29. The van der Waals surface area contributed by atoms with E-state index in [1.165, 1.54) is 7.11 Å². The second-order valence-corrected chi connectivity index (χ2v) is 7.88. The number of methoxy groups -OCH3 is 4. The number of aromatic hydroxyl groups is 1. The van der Waals surface area contributed by atoms with Crippen LogP contribution < -0.4 is 18.9 Å². The molecule has 33 heavy (non-hydrogen) atoms. The zero-order valence-electron chi connectivity index (χ0n) is 18.7. The van der Waals surface area contributed by atoms with E-state index in [4.69, 9.17) is 35.4 Å². The molecule has 0 radical (unpaired) electrons. The van der Waals surface area contributed by atoms with E-state index in [9.17, 15) is 5.11 Å². The maximum atomic E-state index is 10.5. The fraction of sp³-hybridized carbons (Fsp3) is 0.240. The van der Waals surface area contributed by atoms with Gasteiger partial charge < -0.3 is 28.9 Å². The lowest BCUT2D eigenvalue weighted by atomic mass is 9.81. The Morgan fingerprint density at radius 1 is 0.818 bits per heavy atom. The lowest BCUT2D eigenvalue weighted by molar-refractivity contribution is 0.0107. The minimum Gasteiger partial charge on any atom is -0.504 e. The first-order valence-corrected chi connectivity index (χ1v) is 10.5. The molecule has 0 saturated carbocycles. The number of benzene rings is 3. The zero-order chi connectivity index (χ0) is 23.6. The van der Waals surface area contributed by atoms with E-state index >= 15 is 0 Å². The van der Waals surface area contributed by atoms with Gasteiger partial charge in [-0.25, -0.2) is 0 Å². The smallest absolute Gasteiger partial charge is 0.203 e. The summed E-state index contributed by atoms with van der Waals surface area (Å²) < 4.78 is 21.8. The molecule has 0 amide bonds. The second-order valence-electron chi connectivity index (χ2n) is 7.44. The number of hydrogen-bond acceptors (Lipinski definition) is 7. The molecule has 1 unspecified atom stereocenters. The molecule has 0 bridgehead atoms. The highest BCUT2D eigenvalue weighted by atomic mass is 35.5. The molecule has 1 atom stereocenters. The van der Waals surface area contributed by atoms with E-state index in [0.717, 1.165) is 11.3 Å². The molecular formula is C25H24ClNO6. The van der Waals surface area contributed by atoms with Crippen LogP contribution in [0.15, 0.2) is 59.8 Å². The van der Waals surface area contributed by atoms with Crippen LogP contribution in [0.5, 0.6) is 28.7 Å². The van der Waals surface area contributed by atoms with Gasteiger partial charge >= 0.3 is 0 Å². The van der Waals surface area contributed by atoms with Gasteiger partial charge in [0.05, 0.1) is 34.2 Å². The third-order valence-corrected chi connectivity index (χ3v) is 5.93. The second kappa shape index (κ2) is 9.11. The number of rotatable bonds is 7. The van der Waals surface area contributed by atoms with Gasteiger partial charge in [0.25, 0.3) is 0 Å². The van der Waals surface area contributed by atoms with Crippen molar-refractivity contribution in [3.05, 3.63) is 76.3 Å². The summed E-state index contributed by atoms with van der Waals surface area (Å²) in [6.45, 7) is 0. The number of phenols is 1. The number of nitrogens with zero attached hydrogens (tertiary/aromatic N) is 1. The highest BCUT2D eigenvalue weighted by Gasteiger charge is 2.45. The minimum atomic E-state index is -1.06. The van der Waals surface area contributed by atoms with E-state index in [1.54, 1.807) is 45.6 Å². The summed E-state index contributed by atoms with van der Waals surface area (Å²) in [6, 6.07) is 16.2. The van der Waals surface area contributed by atoms with Crippen LogP contribution in [0.4, 0.5) is 0 Å². The van der Waals surface area contributed by atoms with E-state index in [-0.39, 0.29) is 5.75 Å². The Morgan fingerprint density at radius 2 is 1.45 bits per heavy atom. The van der Waals surface area contributed by atoms with Crippen molar-refractivity contribution in [3.63, 3.8) is 0 Å². The third kappa shape index (κ3) is 4.00. The molecule has 0 fully saturated rings. The van der Waals surface area contributed by atoms with Gasteiger partial charge in [-0.05, 0) is 42.0 Å². The minimum absolute atomic E-state index is 0.00893. The average Bonchev–Trinajstić information content (AvgIpc) is 3.30. The number of oxime groups is 1. The first-order valence-electron chi connectivity index (χ1n) is 10.1. The largest absolute Gasteiger partial charge is 0.504 e. The first-order chi connectivity index (χ1) is 15.9. The van der Waals surface area contributed by atoms with Crippen LogP contribution in [-0.2, 0) is 10.4 Å². The van der Waals surface area contributed by atoms with Crippen molar-refractivity contribution in [2.24, 2.45) is 5.16 Å². The van der Waals surface area contributed by atoms with Gasteiger partial charge in [-0.2, -0.15) is 0 Å². The molecular weight excluding hydrogens is 446 g/mol. The zero-order valence-corrected chi connectivity index (χ0v) is 19.5. The summed E-state index contributed by atoms with van der Waals surface area (Å²) in [4.78, 5) is 6.16. The van der Waals surface area contributed by atoms with E-state index in [1.807, 2.05) is 30.3 Å². The van der Waals surface area contributed by atoms with Crippen molar-refractivity contribution >= 4 is 17.3 Å². The monoisotopic (exact) mass is 469 g/mol. The number of hydrogen-bond donors (Lipinski definition) is 1. The SMILES string of the molecule is COc1ccc(C2(c3cc(OC)c(OC)c(OC)c3)CC(c3ccc(Cl)cc3)=NO2)cc1O. The van der Waals surface area contributed by atoms with Gasteiger partial charge in [0.2, 0.25) is 5.75 Å². The Balaban J connectivity index is 1.88. The summed E-state index contributed by atoms with van der Waals surface area (Å²) >= 11 is 6.06. The Morgan fingerprint density at radius 3 is 2.00 bits per heavy atom. The van der Waals surface area contributed by atoms with E-state index in [0.29, 0.717) is 45.6 Å². The molecule has 4 rings (SSSR count). The Labute approximate surface area is 197 Å². The van der Waals surface area contributed by atoms with Crippen LogP contribution in [0.3, 0.4) is 0 Å². The molecule has 3 aromatic carbocycles. The van der Waals surface area contributed by atoms with Crippen LogP contribution in [0.2, 0.25) is 5.02 Å². The Hall–Kier alpha value is -3.58. The van der Waals surface area contributed by atoms with E-state index < -0.39 is 5.60 Å². The highest BCUT2D eigenvalue weighted by Crippen LogP contribution is 2.49. The molecule has 0 aliphatic carbocycles. The quantitative estimate of drug-likeness (QED) is 0.515. The van der Waals surface area contributed by atoms with Crippen LogP contribution in [0.1, 0.15) is 23.1 Å². The number of phenolic OH excluding ortho intramolecular Hbond substituents is 1. The molecule has 8 heteroatoms. The topological polar surface area (TPSA) is 78.7 Å². The van der Waals surface area contributed by atoms with Crippen LogP contribution in [-0.4, -0.2) is 39.3 Å².